The van der Waals surface area contributed by atoms with Crippen LogP contribution in [0.25, 0.3) is 0 Å². The van der Waals surface area contributed by atoms with Gasteiger partial charge in [-0.05, 0) is 54.3 Å². The first-order valence-corrected chi connectivity index (χ1v) is 10.3. The first-order chi connectivity index (χ1) is 14.4. The van der Waals surface area contributed by atoms with Gasteiger partial charge in [0.05, 0.1) is 14.2 Å². The first-order valence-electron chi connectivity index (χ1n) is 10.3. The molecule has 0 aromatic heterocycles. The number of rotatable bonds is 7. The predicted molar refractivity (Wildman–Crippen MR) is 116 cm³/mol. The van der Waals surface area contributed by atoms with Crippen LogP contribution in [-0.4, -0.2) is 50.1 Å². The SMILES string of the molecule is COc1ccc(C(=O)NC(C(=O)N2CCC(c3ccc(OC)cc3)C2)C(C)C)cc1. The molecule has 6 nitrogen and oxygen atoms in total. The van der Waals surface area contributed by atoms with Gasteiger partial charge in [-0.15, -0.1) is 0 Å². The Hall–Kier alpha value is -3.02. The number of methoxy groups -OCH3 is 2. The van der Waals surface area contributed by atoms with Crippen LogP contribution in [0.3, 0.4) is 0 Å². The van der Waals surface area contributed by atoms with Crippen molar-refractivity contribution in [2.75, 3.05) is 27.3 Å². The summed E-state index contributed by atoms with van der Waals surface area (Å²) in [5.74, 6) is 1.51. The van der Waals surface area contributed by atoms with Crippen molar-refractivity contribution in [2.45, 2.75) is 32.2 Å². The van der Waals surface area contributed by atoms with Crippen molar-refractivity contribution in [2.24, 2.45) is 5.92 Å². The predicted octanol–water partition coefficient (Wildman–Crippen LogP) is 3.47. The Morgan fingerprint density at radius 3 is 2.07 bits per heavy atom. The van der Waals surface area contributed by atoms with Gasteiger partial charge in [0.1, 0.15) is 17.5 Å². The van der Waals surface area contributed by atoms with Crippen molar-refractivity contribution in [3.8, 4) is 11.5 Å². The van der Waals surface area contributed by atoms with Crippen LogP contribution >= 0.6 is 0 Å². The van der Waals surface area contributed by atoms with Gasteiger partial charge in [-0.25, -0.2) is 0 Å². The molecule has 1 heterocycles. The summed E-state index contributed by atoms with van der Waals surface area (Å²) in [5.41, 5.74) is 1.71. The van der Waals surface area contributed by atoms with Gasteiger partial charge >= 0.3 is 0 Å². The maximum Gasteiger partial charge on any atom is 0.251 e. The molecule has 2 aromatic rings. The molecule has 6 heteroatoms. The number of carbonyl (C=O) groups excluding carboxylic acids is 2. The smallest absolute Gasteiger partial charge is 0.251 e. The van der Waals surface area contributed by atoms with E-state index < -0.39 is 6.04 Å². The van der Waals surface area contributed by atoms with E-state index in [1.807, 2.05) is 30.9 Å². The van der Waals surface area contributed by atoms with E-state index in [9.17, 15) is 9.59 Å². The Morgan fingerprint density at radius 1 is 0.967 bits per heavy atom. The molecule has 0 bridgehead atoms. The average molecular weight is 411 g/mol. The molecule has 1 saturated heterocycles. The van der Waals surface area contributed by atoms with Crippen molar-refractivity contribution in [3.63, 3.8) is 0 Å². The zero-order valence-corrected chi connectivity index (χ0v) is 18.1. The summed E-state index contributed by atoms with van der Waals surface area (Å²) in [4.78, 5) is 27.8. The molecule has 2 atom stereocenters. The minimum atomic E-state index is -0.561. The minimum Gasteiger partial charge on any atom is -0.497 e. The largest absolute Gasteiger partial charge is 0.497 e. The second-order valence-electron chi connectivity index (χ2n) is 7.97. The van der Waals surface area contributed by atoms with Crippen LogP contribution in [0.4, 0.5) is 0 Å². The van der Waals surface area contributed by atoms with Gasteiger partial charge in [0.25, 0.3) is 5.91 Å². The van der Waals surface area contributed by atoms with Gasteiger partial charge in [-0.1, -0.05) is 26.0 Å². The van der Waals surface area contributed by atoms with E-state index in [2.05, 4.69) is 17.4 Å². The van der Waals surface area contributed by atoms with Crippen LogP contribution in [0.15, 0.2) is 48.5 Å². The standard InChI is InChI=1S/C24H30N2O4/c1-16(2)22(25-23(27)18-7-11-21(30-4)12-8-18)24(28)26-14-13-19(15-26)17-5-9-20(29-3)10-6-17/h5-12,16,19,22H,13-15H2,1-4H3,(H,25,27). The molecule has 3 rings (SSSR count). The van der Waals surface area contributed by atoms with Crippen LogP contribution in [0.2, 0.25) is 0 Å². The van der Waals surface area contributed by atoms with Gasteiger partial charge in [0, 0.05) is 24.6 Å². The molecule has 2 amide bonds. The van der Waals surface area contributed by atoms with E-state index in [1.165, 1.54) is 5.56 Å². The minimum absolute atomic E-state index is 0.0141. The van der Waals surface area contributed by atoms with Crippen LogP contribution < -0.4 is 14.8 Å². The number of amides is 2. The molecule has 2 aromatic carbocycles. The molecule has 0 spiro atoms. The third-order valence-electron chi connectivity index (χ3n) is 5.66. The summed E-state index contributed by atoms with van der Waals surface area (Å²) < 4.78 is 10.4. The Kier molecular flexibility index (Phi) is 6.98. The van der Waals surface area contributed by atoms with Gasteiger partial charge < -0.3 is 19.7 Å². The summed E-state index contributed by atoms with van der Waals surface area (Å²) in [6, 6.07) is 14.3. The molecule has 2 unspecified atom stereocenters. The lowest BCUT2D eigenvalue weighted by molar-refractivity contribution is -0.133. The molecular weight excluding hydrogens is 380 g/mol. The number of ether oxygens (including phenoxy) is 2. The van der Waals surface area contributed by atoms with E-state index in [-0.39, 0.29) is 17.7 Å². The lowest BCUT2D eigenvalue weighted by Gasteiger charge is -2.27. The topological polar surface area (TPSA) is 67.9 Å². The van der Waals surface area contributed by atoms with Crippen molar-refractivity contribution < 1.29 is 19.1 Å². The molecule has 30 heavy (non-hydrogen) atoms. The molecule has 0 radical (unpaired) electrons. The van der Waals surface area contributed by atoms with Gasteiger partial charge in [-0.3, -0.25) is 9.59 Å². The normalized spacial score (nSPS) is 17.0. The average Bonchev–Trinajstić information content (AvgIpc) is 3.27. The highest BCUT2D eigenvalue weighted by Crippen LogP contribution is 2.29. The van der Waals surface area contributed by atoms with Crippen molar-refractivity contribution in [3.05, 3.63) is 59.7 Å². The van der Waals surface area contributed by atoms with Crippen LogP contribution in [0.1, 0.15) is 42.1 Å². The molecule has 1 aliphatic rings. The van der Waals surface area contributed by atoms with E-state index >= 15 is 0 Å². The summed E-state index contributed by atoms with van der Waals surface area (Å²) in [7, 11) is 3.23. The second-order valence-corrected chi connectivity index (χ2v) is 7.97. The summed E-state index contributed by atoms with van der Waals surface area (Å²) in [5, 5.41) is 2.93. The maximum atomic E-state index is 13.2. The molecule has 160 valence electrons. The summed E-state index contributed by atoms with van der Waals surface area (Å²) in [6.07, 6.45) is 0.912. The van der Waals surface area contributed by atoms with Crippen LogP contribution in [-0.2, 0) is 4.79 Å². The summed E-state index contributed by atoms with van der Waals surface area (Å²) in [6.45, 7) is 5.26. The number of nitrogens with zero attached hydrogens (tertiary/aromatic N) is 1. The molecule has 0 saturated carbocycles. The highest BCUT2D eigenvalue weighted by molar-refractivity contribution is 5.97. The zero-order chi connectivity index (χ0) is 21.7. The van der Waals surface area contributed by atoms with Crippen molar-refractivity contribution in [1.29, 1.82) is 0 Å². The lowest BCUT2D eigenvalue weighted by atomic mass is 9.98. The van der Waals surface area contributed by atoms with Gasteiger partial charge in [0.15, 0.2) is 0 Å². The van der Waals surface area contributed by atoms with Gasteiger partial charge in [0.2, 0.25) is 5.91 Å². The fourth-order valence-corrected chi connectivity index (χ4v) is 3.79. The third kappa shape index (κ3) is 4.93. The van der Waals surface area contributed by atoms with Crippen LogP contribution in [0, 0.1) is 5.92 Å². The summed E-state index contributed by atoms with van der Waals surface area (Å²) >= 11 is 0. The number of benzene rings is 2. The number of hydrogen-bond donors (Lipinski definition) is 1. The van der Waals surface area contributed by atoms with E-state index in [4.69, 9.17) is 9.47 Å². The lowest BCUT2D eigenvalue weighted by Crippen LogP contribution is -2.50. The molecule has 1 aliphatic heterocycles. The van der Waals surface area contributed by atoms with Crippen LogP contribution in [0.5, 0.6) is 11.5 Å². The van der Waals surface area contributed by atoms with Crippen molar-refractivity contribution >= 4 is 11.8 Å². The maximum absolute atomic E-state index is 13.2. The third-order valence-corrected chi connectivity index (χ3v) is 5.66. The molecule has 1 N–H and O–H groups in total. The molecule has 1 fully saturated rings. The Labute approximate surface area is 178 Å². The molecule has 0 aliphatic carbocycles. The Bertz CT molecular complexity index is 862. The van der Waals surface area contributed by atoms with E-state index in [0.717, 1.165) is 12.2 Å². The quantitative estimate of drug-likeness (QED) is 0.759. The first kappa shape index (κ1) is 21.7. The zero-order valence-electron chi connectivity index (χ0n) is 18.1. The van der Waals surface area contributed by atoms with E-state index in [0.29, 0.717) is 30.3 Å². The number of carbonyl (C=O) groups is 2. The fourth-order valence-electron chi connectivity index (χ4n) is 3.79. The fraction of sp³-hybridized carbons (Fsp3) is 0.417. The Balaban J connectivity index is 1.65. The van der Waals surface area contributed by atoms with Gasteiger partial charge in [-0.2, -0.15) is 0 Å². The molecular formula is C24H30N2O4. The second kappa shape index (κ2) is 9.65. The number of nitrogens with one attached hydrogen (secondary N) is 1. The van der Waals surface area contributed by atoms with E-state index in [1.54, 1.807) is 38.5 Å². The van der Waals surface area contributed by atoms with Crippen molar-refractivity contribution in [1.82, 2.24) is 10.2 Å². The highest BCUT2D eigenvalue weighted by atomic mass is 16.5. The number of likely N-dealkylation sites (tertiary alicyclic amines) is 1. The highest BCUT2D eigenvalue weighted by Gasteiger charge is 2.34. The number of hydrogen-bond acceptors (Lipinski definition) is 4. The Morgan fingerprint density at radius 2 is 1.53 bits per heavy atom. The monoisotopic (exact) mass is 410 g/mol.